The van der Waals surface area contributed by atoms with Gasteiger partial charge in [-0.2, -0.15) is 0 Å². The highest BCUT2D eigenvalue weighted by molar-refractivity contribution is 5.48. The smallest absolute Gasteiger partial charge is 0.122 e. The van der Waals surface area contributed by atoms with Gasteiger partial charge in [-0.1, -0.05) is 48.5 Å². The molecule has 0 bridgehead atoms. The van der Waals surface area contributed by atoms with E-state index in [4.69, 9.17) is 10.7 Å². The third-order valence-corrected chi connectivity index (χ3v) is 2.25. The van der Waals surface area contributed by atoms with E-state index in [-0.39, 0.29) is 0 Å². The van der Waals surface area contributed by atoms with Crippen molar-refractivity contribution in [1.29, 1.82) is 0 Å². The molecule has 0 radical (unpaired) electrons. The molecule has 0 atom stereocenters. The molecule has 2 N–H and O–H groups in total. The molecule has 3 heteroatoms. The minimum Gasteiger partial charge on any atom is -0.372 e. The van der Waals surface area contributed by atoms with E-state index in [1.807, 2.05) is 66.7 Å². The second-order valence-electron chi connectivity index (χ2n) is 3.48. The molecule has 0 spiro atoms. The first-order valence-electron chi connectivity index (χ1n) is 5.34. The SMILES string of the molecule is NN(OC=Cc1ccccc1)c1ccccc1. The van der Waals surface area contributed by atoms with Crippen LogP contribution in [0.1, 0.15) is 5.56 Å². The fourth-order valence-corrected chi connectivity index (χ4v) is 1.37. The lowest BCUT2D eigenvalue weighted by Crippen LogP contribution is -2.28. The largest absolute Gasteiger partial charge is 0.372 e. The fraction of sp³-hybridized carbons (Fsp3) is 0. The van der Waals surface area contributed by atoms with E-state index >= 15 is 0 Å². The third kappa shape index (κ3) is 3.36. The van der Waals surface area contributed by atoms with E-state index < -0.39 is 0 Å². The van der Waals surface area contributed by atoms with E-state index in [0.717, 1.165) is 11.3 Å². The van der Waals surface area contributed by atoms with Crippen LogP contribution in [0.3, 0.4) is 0 Å². The molecule has 2 rings (SSSR count). The molecule has 0 amide bonds. The zero-order valence-corrected chi connectivity index (χ0v) is 9.36. The first-order valence-corrected chi connectivity index (χ1v) is 5.34. The average Bonchev–Trinajstić information content (AvgIpc) is 2.41. The van der Waals surface area contributed by atoms with Crippen molar-refractivity contribution in [3.8, 4) is 0 Å². The van der Waals surface area contributed by atoms with Gasteiger partial charge >= 0.3 is 0 Å². The Bertz CT molecular complexity index is 468. The number of anilines is 1. The number of nitrogens with two attached hydrogens (primary N) is 1. The maximum absolute atomic E-state index is 5.72. The molecular formula is C14H14N2O. The molecule has 0 fully saturated rings. The van der Waals surface area contributed by atoms with Gasteiger partial charge in [0.15, 0.2) is 0 Å². The van der Waals surface area contributed by atoms with Gasteiger partial charge in [-0.05, 0) is 23.8 Å². The zero-order chi connectivity index (χ0) is 11.9. The molecule has 0 aliphatic rings. The van der Waals surface area contributed by atoms with Crippen molar-refractivity contribution in [2.24, 2.45) is 5.84 Å². The molecule has 3 nitrogen and oxygen atoms in total. The van der Waals surface area contributed by atoms with Crippen LogP contribution in [0.4, 0.5) is 5.69 Å². The zero-order valence-electron chi connectivity index (χ0n) is 9.36. The van der Waals surface area contributed by atoms with Gasteiger partial charge in [0.05, 0.1) is 5.69 Å². The van der Waals surface area contributed by atoms with Crippen molar-refractivity contribution in [3.63, 3.8) is 0 Å². The molecule has 0 aromatic heterocycles. The quantitative estimate of drug-likeness (QED) is 0.495. The van der Waals surface area contributed by atoms with Crippen molar-refractivity contribution in [1.82, 2.24) is 0 Å². The summed E-state index contributed by atoms with van der Waals surface area (Å²) < 4.78 is 0. The Labute approximate surface area is 101 Å². The highest BCUT2D eigenvalue weighted by atomic mass is 16.7. The van der Waals surface area contributed by atoms with Gasteiger partial charge < -0.3 is 4.84 Å². The van der Waals surface area contributed by atoms with E-state index in [9.17, 15) is 0 Å². The predicted octanol–water partition coefficient (Wildman–Crippen LogP) is 2.97. The molecular weight excluding hydrogens is 212 g/mol. The average molecular weight is 226 g/mol. The van der Waals surface area contributed by atoms with Crippen LogP contribution in [-0.2, 0) is 4.84 Å². The monoisotopic (exact) mass is 226 g/mol. The lowest BCUT2D eigenvalue weighted by molar-refractivity contribution is 0.219. The first-order chi connectivity index (χ1) is 8.36. The Kier molecular flexibility index (Phi) is 3.78. The second-order valence-corrected chi connectivity index (χ2v) is 3.48. The number of benzene rings is 2. The summed E-state index contributed by atoms with van der Waals surface area (Å²) in [5, 5.41) is 1.22. The molecule has 0 heterocycles. The lowest BCUT2D eigenvalue weighted by atomic mass is 10.2. The number of nitrogens with zero attached hydrogens (tertiary/aromatic N) is 1. The van der Waals surface area contributed by atoms with Crippen LogP contribution >= 0.6 is 0 Å². The van der Waals surface area contributed by atoms with Gasteiger partial charge in [-0.3, -0.25) is 0 Å². The Balaban J connectivity index is 1.93. The van der Waals surface area contributed by atoms with Crippen LogP contribution in [0.15, 0.2) is 66.9 Å². The Morgan fingerprint density at radius 3 is 2.12 bits per heavy atom. The van der Waals surface area contributed by atoms with Crippen LogP contribution < -0.4 is 11.0 Å². The molecule has 0 saturated heterocycles. The van der Waals surface area contributed by atoms with Gasteiger partial charge in [-0.25, -0.2) is 5.84 Å². The van der Waals surface area contributed by atoms with Crippen molar-refractivity contribution in [2.45, 2.75) is 0 Å². The molecule has 86 valence electrons. The minimum absolute atomic E-state index is 0.796. The molecule has 2 aromatic rings. The second kappa shape index (κ2) is 5.72. The highest BCUT2D eigenvalue weighted by Gasteiger charge is 1.97. The summed E-state index contributed by atoms with van der Waals surface area (Å²) >= 11 is 0. The summed E-state index contributed by atoms with van der Waals surface area (Å²) in [4.78, 5) is 5.26. The number of hydrogen-bond donors (Lipinski definition) is 1. The van der Waals surface area contributed by atoms with Crippen LogP contribution in [0.25, 0.3) is 6.08 Å². The summed E-state index contributed by atoms with van der Waals surface area (Å²) in [5.41, 5.74) is 1.86. The summed E-state index contributed by atoms with van der Waals surface area (Å²) in [6.07, 6.45) is 3.41. The third-order valence-electron chi connectivity index (χ3n) is 2.25. The Morgan fingerprint density at radius 1 is 0.882 bits per heavy atom. The lowest BCUT2D eigenvalue weighted by Gasteiger charge is -2.15. The molecule has 0 aliphatic heterocycles. The number of para-hydroxylation sites is 1. The van der Waals surface area contributed by atoms with Gasteiger partial charge in [0.2, 0.25) is 0 Å². The standard InChI is InChI=1S/C14H14N2O/c15-16(14-9-5-2-6-10-14)17-12-11-13-7-3-1-4-8-13/h1-12H,15H2. The molecule has 0 aliphatic carbocycles. The summed E-state index contributed by atoms with van der Waals surface area (Å²) in [6, 6.07) is 19.4. The molecule has 0 saturated carbocycles. The van der Waals surface area contributed by atoms with Crippen LogP contribution in [0.5, 0.6) is 0 Å². The fourth-order valence-electron chi connectivity index (χ4n) is 1.37. The predicted molar refractivity (Wildman–Crippen MR) is 69.7 cm³/mol. The molecule has 2 aromatic carbocycles. The molecule has 0 unspecified atom stereocenters. The maximum atomic E-state index is 5.72. The van der Waals surface area contributed by atoms with Gasteiger partial charge in [0.25, 0.3) is 0 Å². The van der Waals surface area contributed by atoms with Gasteiger partial charge in [0.1, 0.15) is 6.26 Å². The van der Waals surface area contributed by atoms with Crippen LogP contribution in [-0.4, -0.2) is 0 Å². The van der Waals surface area contributed by atoms with Crippen molar-refractivity contribution in [2.75, 3.05) is 5.17 Å². The van der Waals surface area contributed by atoms with E-state index in [1.165, 1.54) is 5.17 Å². The van der Waals surface area contributed by atoms with Crippen molar-refractivity contribution >= 4 is 11.8 Å². The number of hydrazine groups is 1. The first kappa shape index (κ1) is 11.2. The highest BCUT2D eigenvalue weighted by Crippen LogP contribution is 2.10. The van der Waals surface area contributed by atoms with Crippen molar-refractivity contribution < 1.29 is 4.84 Å². The van der Waals surface area contributed by atoms with E-state index in [2.05, 4.69) is 0 Å². The summed E-state index contributed by atoms with van der Waals surface area (Å²) in [6.45, 7) is 0. The van der Waals surface area contributed by atoms with Crippen LogP contribution in [0.2, 0.25) is 0 Å². The maximum Gasteiger partial charge on any atom is 0.122 e. The normalized spacial score (nSPS) is 10.4. The number of hydrogen-bond acceptors (Lipinski definition) is 3. The molecule has 17 heavy (non-hydrogen) atoms. The summed E-state index contributed by atoms with van der Waals surface area (Å²) in [5.74, 6) is 5.72. The minimum atomic E-state index is 0.796. The Morgan fingerprint density at radius 2 is 1.47 bits per heavy atom. The van der Waals surface area contributed by atoms with Gasteiger partial charge in [0, 0.05) is 0 Å². The van der Waals surface area contributed by atoms with E-state index in [0.29, 0.717) is 0 Å². The van der Waals surface area contributed by atoms with Crippen LogP contribution in [0, 0.1) is 0 Å². The number of rotatable bonds is 4. The Hall–Kier alpha value is -2.26. The van der Waals surface area contributed by atoms with Gasteiger partial charge in [-0.15, -0.1) is 5.17 Å². The summed E-state index contributed by atoms with van der Waals surface area (Å²) in [7, 11) is 0. The topological polar surface area (TPSA) is 38.5 Å². The van der Waals surface area contributed by atoms with E-state index in [1.54, 1.807) is 6.26 Å². The van der Waals surface area contributed by atoms with Crippen molar-refractivity contribution in [3.05, 3.63) is 72.5 Å².